The summed E-state index contributed by atoms with van der Waals surface area (Å²) in [6.45, 7) is 6.92. The Labute approximate surface area is 147 Å². The molecule has 1 aromatic carbocycles. The molecule has 2 heterocycles. The fourth-order valence-corrected chi connectivity index (χ4v) is 3.56. The van der Waals surface area contributed by atoms with Gasteiger partial charge in [-0.25, -0.2) is 4.98 Å². The molecule has 0 saturated carbocycles. The molecule has 130 valence electrons. The number of piperazine rings is 1. The minimum absolute atomic E-state index is 0.332. The van der Waals surface area contributed by atoms with Gasteiger partial charge >= 0.3 is 0 Å². The van der Waals surface area contributed by atoms with Crippen LogP contribution in [0, 0.1) is 0 Å². The van der Waals surface area contributed by atoms with E-state index in [0.717, 1.165) is 43.5 Å². The van der Waals surface area contributed by atoms with Crippen LogP contribution in [0.3, 0.4) is 0 Å². The summed E-state index contributed by atoms with van der Waals surface area (Å²) in [7, 11) is 0. The zero-order valence-corrected chi connectivity index (χ0v) is 14.9. The lowest BCUT2D eigenvalue weighted by atomic mass is 10.2. The number of hydrogen-bond acceptors (Lipinski definition) is 6. The van der Waals surface area contributed by atoms with E-state index in [4.69, 9.17) is 4.74 Å². The highest BCUT2D eigenvalue weighted by Crippen LogP contribution is 2.19. The minimum atomic E-state index is -0.470. The second-order valence-electron chi connectivity index (χ2n) is 6.06. The first-order valence-electron chi connectivity index (χ1n) is 8.51. The lowest BCUT2D eigenvalue weighted by molar-refractivity contribution is 0.0663. The van der Waals surface area contributed by atoms with Gasteiger partial charge in [-0.15, -0.1) is 11.3 Å². The van der Waals surface area contributed by atoms with Crippen LogP contribution in [-0.2, 0) is 6.42 Å². The summed E-state index contributed by atoms with van der Waals surface area (Å²) in [4.78, 5) is 8.95. The summed E-state index contributed by atoms with van der Waals surface area (Å²) >= 11 is 1.68. The molecule has 1 atom stereocenters. The highest BCUT2D eigenvalue weighted by molar-refractivity contribution is 7.13. The normalized spacial score (nSPS) is 17.0. The third kappa shape index (κ3) is 4.69. The Hall–Kier alpha value is -1.63. The van der Waals surface area contributed by atoms with Gasteiger partial charge in [0, 0.05) is 44.3 Å². The molecule has 3 rings (SSSR count). The molecule has 2 aromatic rings. The standard InChI is InChI=1S/C18H25N3O2S/c1-2-15-3-5-17(6-4-15)23-14-16(22)13-20-8-10-21(11-9-20)18-19-7-12-24-18/h3-7,12,16,22H,2,8-11,13-14H2,1H3. The van der Waals surface area contributed by atoms with E-state index in [0.29, 0.717) is 13.2 Å². The highest BCUT2D eigenvalue weighted by Gasteiger charge is 2.20. The molecule has 1 aromatic heterocycles. The van der Waals surface area contributed by atoms with E-state index in [1.54, 1.807) is 11.3 Å². The largest absolute Gasteiger partial charge is 0.491 e. The number of rotatable bonds is 7. The van der Waals surface area contributed by atoms with Crippen molar-refractivity contribution in [2.75, 3.05) is 44.2 Å². The summed E-state index contributed by atoms with van der Waals surface area (Å²) in [5.74, 6) is 0.819. The van der Waals surface area contributed by atoms with Crippen molar-refractivity contribution in [3.05, 3.63) is 41.4 Å². The fraction of sp³-hybridized carbons (Fsp3) is 0.500. The molecule has 0 spiro atoms. The van der Waals surface area contributed by atoms with Crippen LogP contribution in [0.1, 0.15) is 12.5 Å². The van der Waals surface area contributed by atoms with E-state index in [1.165, 1.54) is 5.56 Å². The van der Waals surface area contributed by atoms with Crippen molar-refractivity contribution in [3.63, 3.8) is 0 Å². The lowest BCUT2D eigenvalue weighted by Crippen LogP contribution is -2.49. The zero-order chi connectivity index (χ0) is 16.8. The van der Waals surface area contributed by atoms with Gasteiger partial charge in [0.2, 0.25) is 0 Å². The van der Waals surface area contributed by atoms with Crippen molar-refractivity contribution < 1.29 is 9.84 Å². The first-order valence-corrected chi connectivity index (χ1v) is 9.39. The van der Waals surface area contributed by atoms with Crippen molar-refractivity contribution in [1.29, 1.82) is 0 Å². The Bertz CT molecular complexity index is 595. The van der Waals surface area contributed by atoms with Crippen molar-refractivity contribution >= 4 is 16.5 Å². The number of benzene rings is 1. The molecular formula is C18H25N3O2S. The average Bonchev–Trinajstić information content (AvgIpc) is 3.16. The van der Waals surface area contributed by atoms with E-state index in [9.17, 15) is 5.11 Å². The number of aryl methyl sites for hydroxylation is 1. The number of nitrogens with zero attached hydrogens (tertiary/aromatic N) is 3. The van der Waals surface area contributed by atoms with Gasteiger partial charge in [-0.3, -0.25) is 4.90 Å². The second-order valence-corrected chi connectivity index (χ2v) is 6.94. The molecule has 1 unspecified atom stereocenters. The predicted octanol–water partition coefficient (Wildman–Crippen LogP) is 2.27. The van der Waals surface area contributed by atoms with Crippen LogP contribution in [0.25, 0.3) is 0 Å². The minimum Gasteiger partial charge on any atom is -0.491 e. The Morgan fingerprint density at radius 1 is 1.21 bits per heavy atom. The van der Waals surface area contributed by atoms with E-state index in [-0.39, 0.29) is 0 Å². The van der Waals surface area contributed by atoms with Crippen LogP contribution in [0.4, 0.5) is 5.13 Å². The molecule has 1 N–H and O–H groups in total. The number of anilines is 1. The number of aliphatic hydroxyl groups is 1. The molecular weight excluding hydrogens is 322 g/mol. The molecule has 6 heteroatoms. The molecule has 0 aliphatic carbocycles. The van der Waals surface area contributed by atoms with E-state index >= 15 is 0 Å². The molecule has 1 aliphatic rings. The SMILES string of the molecule is CCc1ccc(OCC(O)CN2CCN(c3nccs3)CC2)cc1. The monoisotopic (exact) mass is 347 g/mol. The summed E-state index contributed by atoms with van der Waals surface area (Å²) < 4.78 is 5.69. The maximum atomic E-state index is 10.2. The molecule has 0 bridgehead atoms. The Morgan fingerprint density at radius 3 is 2.58 bits per heavy atom. The number of β-amino-alcohol motifs (C(OH)–C–C–N with tert-alkyl or cyclic N) is 1. The van der Waals surface area contributed by atoms with Gasteiger partial charge in [-0.05, 0) is 24.1 Å². The second kappa shape index (κ2) is 8.46. The van der Waals surface area contributed by atoms with Gasteiger partial charge in [0.25, 0.3) is 0 Å². The topological polar surface area (TPSA) is 48.8 Å². The number of ether oxygens (including phenoxy) is 1. The Balaban J connectivity index is 1.38. The summed E-state index contributed by atoms with van der Waals surface area (Å²) in [5, 5.41) is 13.3. The molecule has 0 radical (unpaired) electrons. The van der Waals surface area contributed by atoms with Crippen LogP contribution < -0.4 is 9.64 Å². The average molecular weight is 347 g/mol. The summed E-state index contributed by atoms with van der Waals surface area (Å²) in [6.07, 6.45) is 2.40. The van der Waals surface area contributed by atoms with Gasteiger partial charge in [0.15, 0.2) is 5.13 Å². The first-order chi connectivity index (χ1) is 11.7. The maximum absolute atomic E-state index is 10.2. The number of aromatic nitrogens is 1. The van der Waals surface area contributed by atoms with Gasteiger partial charge < -0.3 is 14.7 Å². The molecule has 5 nitrogen and oxygen atoms in total. The smallest absolute Gasteiger partial charge is 0.185 e. The van der Waals surface area contributed by atoms with Gasteiger partial charge in [0.1, 0.15) is 18.5 Å². The van der Waals surface area contributed by atoms with E-state index in [1.807, 2.05) is 23.7 Å². The lowest BCUT2D eigenvalue weighted by Gasteiger charge is -2.35. The van der Waals surface area contributed by atoms with E-state index < -0.39 is 6.10 Å². The number of hydrogen-bond donors (Lipinski definition) is 1. The molecule has 0 amide bonds. The number of aliphatic hydroxyl groups excluding tert-OH is 1. The molecule has 1 fully saturated rings. The fourth-order valence-electron chi connectivity index (χ4n) is 2.86. The van der Waals surface area contributed by atoms with Crippen LogP contribution in [0.2, 0.25) is 0 Å². The molecule has 1 aliphatic heterocycles. The Kier molecular flexibility index (Phi) is 6.07. The van der Waals surface area contributed by atoms with E-state index in [2.05, 4.69) is 33.8 Å². The molecule has 1 saturated heterocycles. The third-order valence-electron chi connectivity index (χ3n) is 4.31. The van der Waals surface area contributed by atoms with Crippen LogP contribution >= 0.6 is 11.3 Å². The molecule has 24 heavy (non-hydrogen) atoms. The maximum Gasteiger partial charge on any atom is 0.185 e. The quantitative estimate of drug-likeness (QED) is 0.833. The van der Waals surface area contributed by atoms with Gasteiger partial charge in [-0.1, -0.05) is 19.1 Å². The van der Waals surface area contributed by atoms with Crippen LogP contribution in [0.15, 0.2) is 35.8 Å². The predicted molar refractivity (Wildman–Crippen MR) is 98.1 cm³/mol. The third-order valence-corrected chi connectivity index (χ3v) is 5.14. The van der Waals surface area contributed by atoms with Crippen molar-refractivity contribution in [1.82, 2.24) is 9.88 Å². The highest BCUT2D eigenvalue weighted by atomic mass is 32.1. The van der Waals surface area contributed by atoms with Crippen LogP contribution in [0.5, 0.6) is 5.75 Å². The summed E-state index contributed by atoms with van der Waals surface area (Å²) in [6, 6.07) is 8.08. The van der Waals surface area contributed by atoms with Crippen molar-refractivity contribution in [2.45, 2.75) is 19.4 Å². The zero-order valence-electron chi connectivity index (χ0n) is 14.1. The van der Waals surface area contributed by atoms with Gasteiger partial charge in [0.05, 0.1) is 0 Å². The van der Waals surface area contributed by atoms with Crippen molar-refractivity contribution in [2.24, 2.45) is 0 Å². The van der Waals surface area contributed by atoms with Gasteiger partial charge in [-0.2, -0.15) is 0 Å². The van der Waals surface area contributed by atoms with Crippen LogP contribution in [-0.4, -0.2) is 60.4 Å². The van der Waals surface area contributed by atoms with Crippen molar-refractivity contribution in [3.8, 4) is 5.75 Å². The summed E-state index contributed by atoms with van der Waals surface area (Å²) in [5.41, 5.74) is 1.29. The Morgan fingerprint density at radius 2 is 1.96 bits per heavy atom. The first kappa shape index (κ1) is 17.2. The number of thiazole rings is 1.